The van der Waals surface area contributed by atoms with Gasteiger partial charge in [0.05, 0.1) is 6.54 Å². The minimum absolute atomic E-state index is 0.216. The fourth-order valence-electron chi connectivity index (χ4n) is 2.80. The second kappa shape index (κ2) is 8.23. The lowest BCUT2D eigenvalue weighted by Gasteiger charge is -2.13. The smallest absolute Gasteiger partial charge is 0.319 e. The predicted octanol–water partition coefficient (Wildman–Crippen LogP) is 5.24. The molecule has 0 atom stereocenters. The maximum Gasteiger partial charge on any atom is 0.319 e. The topological polar surface area (TPSA) is 46.1 Å². The monoisotopic (exact) mass is 411 g/mol. The molecule has 0 fully saturated rings. The zero-order valence-corrected chi connectivity index (χ0v) is 16.5. The van der Waals surface area contributed by atoms with E-state index in [2.05, 4.69) is 63.2 Å². The van der Waals surface area contributed by atoms with E-state index in [-0.39, 0.29) is 6.03 Å². The molecule has 0 aliphatic rings. The van der Waals surface area contributed by atoms with Gasteiger partial charge in [-0.3, -0.25) is 0 Å². The van der Waals surface area contributed by atoms with Crippen LogP contribution in [0.1, 0.15) is 22.4 Å². The second-order valence-electron chi connectivity index (χ2n) is 6.37. The van der Waals surface area contributed by atoms with Crippen molar-refractivity contribution in [1.29, 1.82) is 0 Å². The van der Waals surface area contributed by atoms with Crippen molar-refractivity contribution in [2.24, 2.45) is 0 Å². The van der Waals surface area contributed by atoms with Crippen LogP contribution in [0.15, 0.2) is 65.3 Å². The third kappa shape index (κ3) is 4.76. The van der Waals surface area contributed by atoms with Gasteiger partial charge in [-0.15, -0.1) is 0 Å². The van der Waals surface area contributed by atoms with Gasteiger partial charge < -0.3 is 15.2 Å². The molecule has 2 N–H and O–H groups in total. The van der Waals surface area contributed by atoms with Crippen molar-refractivity contribution in [2.75, 3.05) is 5.32 Å². The number of aryl methyl sites for hydroxylation is 2. The summed E-state index contributed by atoms with van der Waals surface area (Å²) < 4.78 is 3.15. The highest BCUT2D eigenvalue weighted by Gasteiger charge is 2.07. The molecule has 0 saturated heterocycles. The summed E-state index contributed by atoms with van der Waals surface area (Å²) in [5, 5.41) is 5.75. The van der Waals surface area contributed by atoms with E-state index in [4.69, 9.17) is 0 Å². The Balaban J connectivity index is 1.61. The molecule has 26 heavy (non-hydrogen) atoms. The lowest BCUT2D eigenvalue weighted by molar-refractivity contribution is 0.251. The number of hydrogen-bond donors (Lipinski definition) is 2. The van der Waals surface area contributed by atoms with Crippen molar-refractivity contribution < 1.29 is 4.79 Å². The first-order valence-electron chi connectivity index (χ1n) is 8.52. The molecule has 0 bridgehead atoms. The van der Waals surface area contributed by atoms with Gasteiger partial charge in [0.2, 0.25) is 0 Å². The fraction of sp³-hybridized carbons (Fsp3) is 0.190. The van der Waals surface area contributed by atoms with Crippen LogP contribution in [0.4, 0.5) is 10.5 Å². The summed E-state index contributed by atoms with van der Waals surface area (Å²) in [4.78, 5) is 12.1. The number of nitrogens with one attached hydrogen (secondary N) is 2. The molecule has 3 aromatic rings. The molecule has 3 rings (SSSR count). The van der Waals surface area contributed by atoms with Crippen molar-refractivity contribution in [3.63, 3.8) is 0 Å². The first kappa shape index (κ1) is 18.3. The summed E-state index contributed by atoms with van der Waals surface area (Å²) in [5.74, 6) is 0. The van der Waals surface area contributed by atoms with E-state index < -0.39 is 0 Å². The minimum Gasteiger partial charge on any atom is -0.345 e. The summed E-state index contributed by atoms with van der Waals surface area (Å²) in [7, 11) is 0. The number of rotatable bonds is 5. The lowest BCUT2D eigenvalue weighted by atomic mass is 10.1. The van der Waals surface area contributed by atoms with Crippen LogP contribution < -0.4 is 10.6 Å². The number of urea groups is 1. The second-order valence-corrected chi connectivity index (χ2v) is 7.29. The summed E-state index contributed by atoms with van der Waals surface area (Å²) in [5.41, 5.74) is 5.65. The molecule has 0 saturated carbocycles. The zero-order chi connectivity index (χ0) is 18.5. The standard InChI is InChI=1S/C21H22BrN3O/c1-15-5-6-16(2)17(12-15)14-25-11-3-4-20(25)13-23-21(26)24-19-9-7-18(22)8-10-19/h3-12H,13-14H2,1-2H3,(H2,23,24,26). The first-order valence-corrected chi connectivity index (χ1v) is 9.31. The molecule has 5 heteroatoms. The number of carbonyl (C=O) groups is 1. The molecular weight excluding hydrogens is 390 g/mol. The molecule has 0 spiro atoms. The van der Waals surface area contributed by atoms with E-state index in [1.807, 2.05) is 42.6 Å². The van der Waals surface area contributed by atoms with Crippen LogP contribution in [0.25, 0.3) is 0 Å². The predicted molar refractivity (Wildman–Crippen MR) is 109 cm³/mol. The van der Waals surface area contributed by atoms with Crippen LogP contribution in [0.2, 0.25) is 0 Å². The number of halogens is 1. The molecular formula is C21H22BrN3O. The Morgan fingerprint density at radius 1 is 1.08 bits per heavy atom. The average molecular weight is 412 g/mol. The van der Waals surface area contributed by atoms with E-state index in [1.165, 1.54) is 16.7 Å². The number of benzene rings is 2. The largest absolute Gasteiger partial charge is 0.345 e. The van der Waals surface area contributed by atoms with Gasteiger partial charge in [-0.05, 0) is 61.4 Å². The Kier molecular flexibility index (Phi) is 5.78. The maximum absolute atomic E-state index is 12.1. The highest BCUT2D eigenvalue weighted by molar-refractivity contribution is 9.10. The molecule has 4 nitrogen and oxygen atoms in total. The van der Waals surface area contributed by atoms with E-state index in [9.17, 15) is 4.79 Å². The molecule has 0 radical (unpaired) electrons. The highest BCUT2D eigenvalue weighted by Crippen LogP contribution is 2.15. The van der Waals surface area contributed by atoms with Gasteiger partial charge in [0.25, 0.3) is 0 Å². The molecule has 0 aliphatic carbocycles. The number of aromatic nitrogens is 1. The first-order chi connectivity index (χ1) is 12.5. The molecule has 1 aromatic heterocycles. The van der Waals surface area contributed by atoms with Crippen LogP contribution in [0.5, 0.6) is 0 Å². The van der Waals surface area contributed by atoms with Gasteiger partial charge >= 0.3 is 6.03 Å². The number of amides is 2. The minimum atomic E-state index is -0.216. The Hall–Kier alpha value is -2.53. The van der Waals surface area contributed by atoms with Gasteiger partial charge in [-0.2, -0.15) is 0 Å². The summed E-state index contributed by atoms with van der Waals surface area (Å²) in [6, 6.07) is 17.8. The van der Waals surface area contributed by atoms with E-state index >= 15 is 0 Å². The Morgan fingerprint density at radius 3 is 2.62 bits per heavy atom. The maximum atomic E-state index is 12.1. The summed E-state index contributed by atoms with van der Waals surface area (Å²) in [6.45, 7) is 5.50. The Bertz CT molecular complexity index is 900. The molecule has 0 aliphatic heterocycles. The van der Waals surface area contributed by atoms with Gasteiger partial charge in [-0.25, -0.2) is 4.79 Å². The van der Waals surface area contributed by atoms with Crippen LogP contribution >= 0.6 is 15.9 Å². The fourth-order valence-corrected chi connectivity index (χ4v) is 3.06. The van der Waals surface area contributed by atoms with Crippen molar-refractivity contribution in [3.05, 3.63) is 87.7 Å². The Morgan fingerprint density at radius 2 is 1.85 bits per heavy atom. The van der Waals surface area contributed by atoms with Gasteiger partial charge in [0, 0.05) is 28.6 Å². The summed E-state index contributed by atoms with van der Waals surface area (Å²) in [6.07, 6.45) is 2.05. The number of anilines is 1. The molecule has 2 aromatic carbocycles. The average Bonchev–Trinajstić information content (AvgIpc) is 3.05. The highest BCUT2D eigenvalue weighted by atomic mass is 79.9. The van der Waals surface area contributed by atoms with Crippen LogP contribution in [-0.2, 0) is 13.1 Å². The van der Waals surface area contributed by atoms with E-state index in [0.717, 1.165) is 22.4 Å². The normalized spacial score (nSPS) is 10.6. The SMILES string of the molecule is Cc1ccc(C)c(Cn2cccc2CNC(=O)Nc2ccc(Br)cc2)c1. The van der Waals surface area contributed by atoms with Crippen molar-refractivity contribution in [3.8, 4) is 0 Å². The lowest BCUT2D eigenvalue weighted by Crippen LogP contribution is -2.29. The van der Waals surface area contributed by atoms with Crippen molar-refractivity contribution >= 4 is 27.6 Å². The molecule has 2 amide bonds. The van der Waals surface area contributed by atoms with Gasteiger partial charge in [0.1, 0.15) is 0 Å². The van der Waals surface area contributed by atoms with E-state index in [0.29, 0.717) is 6.54 Å². The van der Waals surface area contributed by atoms with E-state index in [1.54, 1.807) is 0 Å². The zero-order valence-electron chi connectivity index (χ0n) is 14.9. The molecule has 1 heterocycles. The third-order valence-electron chi connectivity index (χ3n) is 4.30. The number of nitrogens with zero attached hydrogens (tertiary/aromatic N) is 1. The van der Waals surface area contributed by atoms with Crippen molar-refractivity contribution in [2.45, 2.75) is 26.9 Å². The third-order valence-corrected chi connectivity index (χ3v) is 4.83. The Labute approximate surface area is 162 Å². The molecule has 0 unspecified atom stereocenters. The quantitative estimate of drug-likeness (QED) is 0.592. The van der Waals surface area contributed by atoms with Gasteiger partial charge in [-0.1, -0.05) is 39.7 Å². The number of hydrogen-bond acceptors (Lipinski definition) is 1. The van der Waals surface area contributed by atoms with Crippen LogP contribution in [-0.4, -0.2) is 10.6 Å². The number of carbonyl (C=O) groups excluding carboxylic acids is 1. The van der Waals surface area contributed by atoms with Crippen molar-refractivity contribution in [1.82, 2.24) is 9.88 Å². The summed E-state index contributed by atoms with van der Waals surface area (Å²) >= 11 is 3.38. The molecule has 134 valence electrons. The van der Waals surface area contributed by atoms with Crippen LogP contribution in [0, 0.1) is 13.8 Å². The van der Waals surface area contributed by atoms with Crippen LogP contribution in [0.3, 0.4) is 0 Å². The van der Waals surface area contributed by atoms with Gasteiger partial charge in [0.15, 0.2) is 0 Å².